The number of carbonyl (C=O) groups excluding carboxylic acids is 1. The second-order valence-electron chi connectivity index (χ2n) is 4.73. The predicted octanol–water partition coefficient (Wildman–Crippen LogP) is 4.13. The predicted molar refractivity (Wildman–Crippen MR) is 66.9 cm³/mol. The molecular weight excluding hydrogens is 204 g/mol. The number of ketones is 1. The van der Waals surface area contributed by atoms with Gasteiger partial charge in [0.2, 0.25) is 0 Å². The number of hydrogen-bond donors (Lipinski definition) is 0. The quantitative estimate of drug-likeness (QED) is 0.751. The Morgan fingerprint density at radius 1 is 1.27 bits per heavy atom. The maximum Gasteiger partial charge on any atom is 0.134 e. The minimum atomic E-state index is 0.255. The lowest BCUT2D eigenvalue weighted by Gasteiger charge is -2.04. The van der Waals surface area contributed by atoms with Gasteiger partial charge in [-0.1, -0.05) is 27.7 Å². The number of rotatable bonds is 4. The van der Waals surface area contributed by atoms with Crippen molar-refractivity contribution in [3.05, 3.63) is 21.4 Å². The van der Waals surface area contributed by atoms with Crippen LogP contribution in [-0.2, 0) is 11.2 Å². The monoisotopic (exact) mass is 224 g/mol. The fourth-order valence-corrected chi connectivity index (χ4v) is 2.83. The van der Waals surface area contributed by atoms with Crippen LogP contribution in [0.2, 0.25) is 0 Å². The summed E-state index contributed by atoms with van der Waals surface area (Å²) in [5.41, 5.74) is 1.24. The molecule has 0 aliphatic heterocycles. The maximum atomic E-state index is 11.2. The van der Waals surface area contributed by atoms with E-state index in [9.17, 15) is 4.79 Å². The molecule has 1 aromatic rings. The third kappa shape index (κ3) is 3.16. The van der Waals surface area contributed by atoms with Gasteiger partial charge in [-0.25, -0.2) is 0 Å². The number of carbonyl (C=O) groups is 1. The molecule has 0 aliphatic carbocycles. The molecule has 84 valence electrons. The highest BCUT2D eigenvalue weighted by atomic mass is 32.1. The fourth-order valence-electron chi connectivity index (χ4n) is 1.64. The van der Waals surface area contributed by atoms with Gasteiger partial charge >= 0.3 is 0 Å². The van der Waals surface area contributed by atoms with Crippen molar-refractivity contribution >= 4 is 17.1 Å². The topological polar surface area (TPSA) is 17.1 Å². The first-order valence-corrected chi connectivity index (χ1v) is 6.35. The molecule has 0 bridgehead atoms. The molecule has 0 saturated carbocycles. The van der Waals surface area contributed by atoms with E-state index in [4.69, 9.17) is 0 Å². The Morgan fingerprint density at radius 3 is 2.27 bits per heavy atom. The van der Waals surface area contributed by atoms with Crippen molar-refractivity contribution in [1.82, 2.24) is 0 Å². The molecule has 0 unspecified atom stereocenters. The van der Waals surface area contributed by atoms with Crippen LogP contribution in [0.1, 0.15) is 61.8 Å². The van der Waals surface area contributed by atoms with Crippen LogP contribution in [0.3, 0.4) is 0 Å². The number of hydrogen-bond acceptors (Lipinski definition) is 2. The van der Waals surface area contributed by atoms with Gasteiger partial charge in [0.15, 0.2) is 0 Å². The molecule has 0 spiro atoms. The smallest absolute Gasteiger partial charge is 0.134 e. The molecule has 1 heterocycles. The molecule has 0 aromatic carbocycles. The molecule has 0 N–H and O–H groups in total. The minimum absolute atomic E-state index is 0.255. The summed E-state index contributed by atoms with van der Waals surface area (Å²) in [6.07, 6.45) is 0.594. The van der Waals surface area contributed by atoms with Gasteiger partial charge in [0.1, 0.15) is 5.78 Å². The van der Waals surface area contributed by atoms with Crippen LogP contribution >= 0.6 is 11.3 Å². The summed E-state index contributed by atoms with van der Waals surface area (Å²) in [5, 5.41) is 0. The van der Waals surface area contributed by atoms with E-state index in [0.29, 0.717) is 18.3 Å². The van der Waals surface area contributed by atoms with Gasteiger partial charge in [0, 0.05) is 16.2 Å². The summed E-state index contributed by atoms with van der Waals surface area (Å²) in [5.74, 6) is 1.34. The molecule has 0 aliphatic rings. The summed E-state index contributed by atoms with van der Waals surface area (Å²) in [7, 11) is 0. The third-order valence-electron chi connectivity index (χ3n) is 2.39. The van der Waals surface area contributed by atoms with E-state index < -0.39 is 0 Å². The SMILES string of the molecule is CC(=O)Cc1cc(C(C)C)sc1C(C)C. The van der Waals surface area contributed by atoms with E-state index in [2.05, 4.69) is 33.8 Å². The first-order valence-electron chi connectivity index (χ1n) is 5.53. The van der Waals surface area contributed by atoms with Gasteiger partial charge in [-0.2, -0.15) is 0 Å². The molecule has 15 heavy (non-hydrogen) atoms. The largest absolute Gasteiger partial charge is 0.300 e. The van der Waals surface area contributed by atoms with E-state index in [1.165, 1.54) is 15.3 Å². The van der Waals surface area contributed by atoms with E-state index >= 15 is 0 Å². The first-order chi connectivity index (χ1) is 6.91. The standard InChI is InChI=1S/C13H20OS/c1-8(2)12-7-11(6-10(5)14)13(15-12)9(3)4/h7-9H,6H2,1-5H3. The Morgan fingerprint density at radius 2 is 1.87 bits per heavy atom. The summed E-state index contributed by atoms with van der Waals surface area (Å²) < 4.78 is 0. The number of thiophene rings is 1. The summed E-state index contributed by atoms with van der Waals surface area (Å²) in [6.45, 7) is 10.5. The van der Waals surface area contributed by atoms with Crippen molar-refractivity contribution in [3.63, 3.8) is 0 Å². The maximum absolute atomic E-state index is 11.2. The van der Waals surface area contributed by atoms with E-state index in [1.807, 2.05) is 11.3 Å². The zero-order valence-electron chi connectivity index (χ0n) is 10.3. The molecule has 1 aromatic heterocycles. The van der Waals surface area contributed by atoms with Crippen LogP contribution in [0.4, 0.5) is 0 Å². The number of Topliss-reactive ketones (excluding diaryl/α,β-unsaturated/α-hetero) is 1. The van der Waals surface area contributed by atoms with Gasteiger partial charge in [-0.3, -0.25) is 4.79 Å². The van der Waals surface area contributed by atoms with Crippen molar-refractivity contribution in [3.8, 4) is 0 Å². The summed E-state index contributed by atoms with van der Waals surface area (Å²) >= 11 is 1.87. The lowest BCUT2D eigenvalue weighted by atomic mass is 10.0. The molecular formula is C13H20OS. The normalized spacial score (nSPS) is 11.4. The molecule has 1 rings (SSSR count). The lowest BCUT2D eigenvalue weighted by Crippen LogP contribution is -1.98. The molecule has 0 atom stereocenters. The Hall–Kier alpha value is -0.630. The third-order valence-corrected chi connectivity index (χ3v) is 4.17. The second-order valence-corrected chi connectivity index (χ2v) is 5.84. The van der Waals surface area contributed by atoms with Crippen molar-refractivity contribution in [2.45, 2.75) is 52.9 Å². The first kappa shape index (κ1) is 12.4. The van der Waals surface area contributed by atoms with Gasteiger partial charge in [-0.15, -0.1) is 11.3 Å². The highest BCUT2D eigenvalue weighted by molar-refractivity contribution is 7.12. The lowest BCUT2D eigenvalue weighted by molar-refractivity contribution is -0.116. The van der Waals surface area contributed by atoms with Crippen LogP contribution < -0.4 is 0 Å². The molecule has 2 heteroatoms. The van der Waals surface area contributed by atoms with E-state index in [0.717, 1.165) is 0 Å². The molecule has 0 saturated heterocycles. The van der Waals surface area contributed by atoms with Crippen LogP contribution in [0, 0.1) is 0 Å². The molecule has 1 nitrogen and oxygen atoms in total. The van der Waals surface area contributed by atoms with Crippen LogP contribution in [0.15, 0.2) is 6.07 Å². The molecule has 0 amide bonds. The zero-order chi connectivity index (χ0) is 11.6. The highest BCUT2D eigenvalue weighted by Crippen LogP contribution is 2.33. The fraction of sp³-hybridized carbons (Fsp3) is 0.615. The van der Waals surface area contributed by atoms with Gasteiger partial charge in [0.25, 0.3) is 0 Å². The van der Waals surface area contributed by atoms with Crippen LogP contribution in [0.5, 0.6) is 0 Å². The summed E-state index contributed by atoms with van der Waals surface area (Å²) in [4.78, 5) is 14.0. The van der Waals surface area contributed by atoms with Gasteiger partial charge < -0.3 is 0 Å². The van der Waals surface area contributed by atoms with Crippen molar-refractivity contribution in [1.29, 1.82) is 0 Å². The Balaban J connectivity index is 3.05. The van der Waals surface area contributed by atoms with Crippen LogP contribution in [0.25, 0.3) is 0 Å². The molecule has 0 radical (unpaired) electrons. The average Bonchev–Trinajstić information content (AvgIpc) is 2.46. The summed E-state index contributed by atoms with van der Waals surface area (Å²) in [6, 6.07) is 2.21. The van der Waals surface area contributed by atoms with Gasteiger partial charge in [-0.05, 0) is 30.4 Å². The second kappa shape index (κ2) is 4.93. The van der Waals surface area contributed by atoms with Crippen LogP contribution in [-0.4, -0.2) is 5.78 Å². The Bertz CT molecular complexity index is 347. The zero-order valence-corrected chi connectivity index (χ0v) is 11.1. The van der Waals surface area contributed by atoms with Gasteiger partial charge in [0.05, 0.1) is 0 Å². The Labute approximate surface area is 96.5 Å². The van der Waals surface area contributed by atoms with E-state index in [1.54, 1.807) is 6.92 Å². The van der Waals surface area contributed by atoms with Crippen molar-refractivity contribution < 1.29 is 4.79 Å². The van der Waals surface area contributed by atoms with E-state index in [-0.39, 0.29) is 5.78 Å². The minimum Gasteiger partial charge on any atom is -0.300 e. The van der Waals surface area contributed by atoms with Crippen molar-refractivity contribution in [2.24, 2.45) is 0 Å². The molecule has 0 fully saturated rings. The average molecular weight is 224 g/mol. The highest BCUT2D eigenvalue weighted by Gasteiger charge is 2.14. The van der Waals surface area contributed by atoms with Crippen molar-refractivity contribution in [2.75, 3.05) is 0 Å². The Kier molecular flexibility index (Phi) is 4.09.